The topological polar surface area (TPSA) is 9.23 Å². The van der Waals surface area contributed by atoms with Crippen LogP contribution in [0.5, 0.6) is 0 Å². The van der Waals surface area contributed by atoms with E-state index in [2.05, 4.69) is 31.8 Å². The molecular weight excluding hydrogens is 323 g/mol. The van der Waals surface area contributed by atoms with Gasteiger partial charge in [-0.05, 0) is 6.42 Å². The number of unbranched alkanes of at least 4 members (excludes halogenated alkanes) is 13. The van der Waals surface area contributed by atoms with Crippen LogP contribution in [0.4, 0.5) is 0 Å². The summed E-state index contributed by atoms with van der Waals surface area (Å²) in [5, 5.41) is 0. The average Bonchev–Trinajstić information content (AvgIpc) is 2.43. The molecule has 120 valence electrons. The maximum atomic E-state index is 5.10. The van der Waals surface area contributed by atoms with Crippen molar-refractivity contribution in [2.24, 2.45) is 0 Å². The second-order valence-electron chi connectivity index (χ2n) is 5.69. The summed E-state index contributed by atoms with van der Waals surface area (Å²) in [6, 6.07) is 0. The maximum absolute atomic E-state index is 5.10. The molecule has 0 aromatic heterocycles. The molecule has 0 rings (SSSR count). The molecule has 0 saturated carbocycles. The van der Waals surface area contributed by atoms with Gasteiger partial charge in [0, 0.05) is 4.38 Å². The van der Waals surface area contributed by atoms with E-state index in [1.54, 1.807) is 0 Å². The van der Waals surface area contributed by atoms with Crippen molar-refractivity contribution >= 4 is 29.2 Å². The van der Waals surface area contributed by atoms with Crippen LogP contribution in [0.3, 0.4) is 0 Å². The molecule has 0 radical (unpaired) electrons. The van der Waals surface area contributed by atoms with Gasteiger partial charge in [0.15, 0.2) is 0 Å². The molecule has 0 amide bonds. The van der Waals surface area contributed by atoms with Crippen LogP contribution in [-0.2, 0) is 17.4 Å². The van der Waals surface area contributed by atoms with Gasteiger partial charge in [-0.3, -0.25) is 0 Å². The number of hydrogen-bond acceptors (Lipinski definition) is 3. The predicted octanol–water partition coefficient (Wildman–Crippen LogP) is 3.32. The number of rotatable bonds is 15. The van der Waals surface area contributed by atoms with E-state index in [1.165, 1.54) is 83.5 Å². The van der Waals surface area contributed by atoms with Crippen LogP contribution in [0.2, 0.25) is 0 Å². The van der Waals surface area contributed by atoms with Gasteiger partial charge in [0.05, 0.1) is 6.61 Å². The molecule has 21 heavy (non-hydrogen) atoms. The third-order valence-corrected chi connectivity index (χ3v) is 3.95. The van der Waals surface area contributed by atoms with Gasteiger partial charge in [0.25, 0.3) is 0 Å². The van der Waals surface area contributed by atoms with Gasteiger partial charge < -0.3 is 29.6 Å². The van der Waals surface area contributed by atoms with E-state index >= 15 is 0 Å². The van der Waals surface area contributed by atoms with E-state index in [-0.39, 0.29) is 55.8 Å². The first-order valence-electron chi connectivity index (χ1n) is 8.61. The molecule has 0 saturated heterocycles. The minimum absolute atomic E-state index is 0. The zero-order valence-electron chi connectivity index (χ0n) is 14.3. The fourth-order valence-electron chi connectivity index (χ4n) is 2.45. The molecule has 0 aliphatic rings. The Morgan fingerprint density at radius 2 is 1.05 bits per heavy atom. The van der Waals surface area contributed by atoms with Gasteiger partial charge in [-0.1, -0.05) is 90.4 Å². The second kappa shape index (κ2) is 21.7. The van der Waals surface area contributed by atoms with Gasteiger partial charge in [0.1, 0.15) is 0 Å². The first-order valence-corrected chi connectivity index (χ1v) is 9.42. The van der Waals surface area contributed by atoms with Crippen molar-refractivity contribution in [2.45, 2.75) is 96.8 Å². The fraction of sp³-hybridized carbons (Fsp3) is 0.941. The van der Waals surface area contributed by atoms with E-state index in [4.69, 9.17) is 4.74 Å². The molecule has 0 fully saturated rings. The molecule has 0 unspecified atom stereocenters. The molecule has 0 aromatic rings. The van der Waals surface area contributed by atoms with Crippen LogP contribution in [0.25, 0.3) is 0 Å². The van der Waals surface area contributed by atoms with E-state index in [0.29, 0.717) is 6.61 Å². The van der Waals surface area contributed by atoms with E-state index in [0.717, 1.165) is 6.42 Å². The summed E-state index contributed by atoms with van der Waals surface area (Å²) < 4.78 is 5.36. The minimum Gasteiger partial charge on any atom is -0.514 e. The van der Waals surface area contributed by atoms with Crippen molar-refractivity contribution in [3.05, 3.63) is 0 Å². The fourth-order valence-corrected chi connectivity index (χ4v) is 2.62. The summed E-state index contributed by atoms with van der Waals surface area (Å²) in [6.45, 7) is 2.99. The van der Waals surface area contributed by atoms with Crippen LogP contribution in [-0.4, -0.2) is 11.0 Å². The molecule has 0 aliphatic carbocycles. The van der Waals surface area contributed by atoms with Crippen LogP contribution < -0.4 is 51.4 Å². The van der Waals surface area contributed by atoms with Gasteiger partial charge in [-0.25, -0.2) is 0 Å². The van der Waals surface area contributed by atoms with Crippen LogP contribution in [0, 0.1) is 0 Å². The molecule has 0 heterocycles. The predicted molar refractivity (Wildman–Crippen MR) is 96.2 cm³/mol. The Bertz CT molecular complexity index is 213. The van der Waals surface area contributed by atoms with Crippen LogP contribution >= 0.6 is 12.2 Å². The van der Waals surface area contributed by atoms with Crippen molar-refractivity contribution in [3.8, 4) is 0 Å². The zero-order chi connectivity index (χ0) is 14.9. The van der Waals surface area contributed by atoms with Crippen molar-refractivity contribution in [1.82, 2.24) is 0 Å². The molecule has 1 nitrogen and oxygen atoms in total. The summed E-state index contributed by atoms with van der Waals surface area (Å²) in [5.74, 6) is 0. The Morgan fingerprint density at radius 1 is 0.714 bits per heavy atom. The van der Waals surface area contributed by atoms with Crippen molar-refractivity contribution in [2.75, 3.05) is 6.61 Å². The van der Waals surface area contributed by atoms with Gasteiger partial charge in [0.2, 0.25) is 0 Å². The Balaban J connectivity index is 0. The van der Waals surface area contributed by atoms with Crippen molar-refractivity contribution < 1.29 is 56.1 Å². The maximum Gasteiger partial charge on any atom is 1.00 e. The first kappa shape index (κ1) is 25.0. The zero-order valence-corrected chi connectivity index (χ0v) is 19.1. The smallest absolute Gasteiger partial charge is 0.514 e. The summed E-state index contributed by atoms with van der Waals surface area (Å²) in [6.07, 6.45) is 19.3. The number of thiocarbonyl (C=S) groups is 1. The van der Waals surface area contributed by atoms with Crippen LogP contribution in [0.15, 0.2) is 0 Å². The summed E-state index contributed by atoms with van der Waals surface area (Å²) in [7, 11) is 0. The molecule has 0 aliphatic heterocycles. The van der Waals surface area contributed by atoms with Crippen molar-refractivity contribution in [3.63, 3.8) is 0 Å². The number of ether oxygens (including phenoxy) is 1. The summed E-state index contributed by atoms with van der Waals surface area (Å²) in [4.78, 5) is 0. The van der Waals surface area contributed by atoms with Gasteiger partial charge in [-0.15, -0.1) is 0 Å². The standard InChI is InChI=1S/C17H34OS2.K/c1-2-3-4-5-6-7-8-9-10-11-12-13-14-15-16-18-17(19)20;/h2-16H2,1H3,(H,19,20);/q;+1/p-1. The molecule has 0 N–H and O–H groups in total. The summed E-state index contributed by atoms with van der Waals surface area (Å²) in [5.41, 5.74) is 0. The van der Waals surface area contributed by atoms with Crippen molar-refractivity contribution in [1.29, 1.82) is 0 Å². The first-order chi connectivity index (χ1) is 9.77. The third-order valence-electron chi connectivity index (χ3n) is 3.72. The van der Waals surface area contributed by atoms with Gasteiger partial charge >= 0.3 is 51.4 Å². The molecule has 0 spiro atoms. The van der Waals surface area contributed by atoms with Gasteiger partial charge in [-0.2, -0.15) is 0 Å². The monoisotopic (exact) mass is 356 g/mol. The molecule has 0 bridgehead atoms. The third kappa shape index (κ3) is 24.1. The SMILES string of the molecule is CCCCCCCCCCCCCCCCOC(=S)[S-].[K+]. The second-order valence-corrected chi connectivity index (χ2v) is 6.69. The molecule has 0 atom stereocenters. The normalized spacial score (nSPS) is 10.1. The minimum atomic E-state index is 0. The van der Waals surface area contributed by atoms with E-state index in [1.807, 2.05) is 0 Å². The summed E-state index contributed by atoms with van der Waals surface area (Å²) >= 11 is 9.38. The average molecular weight is 357 g/mol. The Hall–Kier alpha value is 1.75. The Kier molecular flexibility index (Phi) is 25.9. The van der Waals surface area contributed by atoms with E-state index < -0.39 is 0 Å². The Morgan fingerprint density at radius 3 is 1.38 bits per heavy atom. The van der Waals surface area contributed by atoms with E-state index in [9.17, 15) is 0 Å². The molecule has 0 aromatic carbocycles. The van der Waals surface area contributed by atoms with Crippen LogP contribution in [0.1, 0.15) is 96.8 Å². The molecular formula is C17H33KOS2. The molecule has 4 heteroatoms. The largest absolute Gasteiger partial charge is 1.00 e. The quantitative estimate of drug-likeness (QED) is 0.193. The Labute approximate surface area is 186 Å². The number of hydrogen-bond donors (Lipinski definition) is 0.